The van der Waals surface area contributed by atoms with Gasteiger partial charge in [0.25, 0.3) is 0 Å². The van der Waals surface area contributed by atoms with Crippen LogP contribution in [0.1, 0.15) is 5.69 Å². The van der Waals surface area contributed by atoms with Gasteiger partial charge in [-0.25, -0.2) is 0 Å². The molecule has 2 heterocycles. The van der Waals surface area contributed by atoms with Gasteiger partial charge in [-0.3, -0.25) is 0 Å². The zero-order valence-corrected chi connectivity index (χ0v) is 10.8. The van der Waals surface area contributed by atoms with Crippen LogP contribution in [0.3, 0.4) is 0 Å². The van der Waals surface area contributed by atoms with Crippen LogP contribution in [-0.2, 0) is 0 Å². The van der Waals surface area contributed by atoms with Gasteiger partial charge in [0, 0.05) is 5.69 Å². The van der Waals surface area contributed by atoms with Crippen LogP contribution in [0.2, 0.25) is 0 Å². The fraction of sp³-hybridized carbons (Fsp3) is 0.0667. The van der Waals surface area contributed by atoms with E-state index in [1.54, 1.807) is 17.4 Å². The number of benzene rings is 1. The highest BCUT2D eigenvalue weighted by atomic mass is 32.1. The monoisotopic (exact) mass is 255 g/mol. The van der Waals surface area contributed by atoms with Crippen molar-refractivity contribution in [2.24, 2.45) is 0 Å². The van der Waals surface area contributed by atoms with Gasteiger partial charge >= 0.3 is 0 Å². The lowest BCUT2D eigenvalue weighted by atomic mass is 10.2. The van der Waals surface area contributed by atoms with E-state index in [0.717, 1.165) is 17.1 Å². The molecular formula is C15H13NOS. The standard InChI is InChI=1S/C15H13NOS/c1-11-8-9-13(15-7-4-10-18-15)16(11)12-5-2-3-6-14(12)17/h2-10,17H,1H3. The van der Waals surface area contributed by atoms with Gasteiger partial charge in [-0.05, 0) is 42.6 Å². The van der Waals surface area contributed by atoms with Crippen LogP contribution in [-0.4, -0.2) is 9.67 Å². The third kappa shape index (κ3) is 1.73. The number of phenols is 1. The van der Waals surface area contributed by atoms with E-state index in [1.807, 2.05) is 31.2 Å². The van der Waals surface area contributed by atoms with Crippen LogP contribution in [0.5, 0.6) is 5.75 Å². The summed E-state index contributed by atoms with van der Waals surface area (Å²) in [5.74, 6) is 0.301. The van der Waals surface area contributed by atoms with Crippen molar-refractivity contribution in [2.45, 2.75) is 6.92 Å². The van der Waals surface area contributed by atoms with Gasteiger partial charge in [0.1, 0.15) is 5.75 Å². The van der Waals surface area contributed by atoms with Crippen LogP contribution in [0.15, 0.2) is 53.9 Å². The SMILES string of the molecule is Cc1ccc(-c2cccs2)n1-c1ccccc1O. The maximum absolute atomic E-state index is 10.0. The molecule has 18 heavy (non-hydrogen) atoms. The predicted octanol–water partition coefficient (Wildman–Crippen LogP) is 4.22. The number of para-hydroxylation sites is 2. The highest BCUT2D eigenvalue weighted by molar-refractivity contribution is 7.13. The van der Waals surface area contributed by atoms with E-state index in [1.165, 1.54) is 4.88 Å². The van der Waals surface area contributed by atoms with Crippen molar-refractivity contribution in [3.63, 3.8) is 0 Å². The summed E-state index contributed by atoms with van der Waals surface area (Å²) in [5.41, 5.74) is 3.05. The molecule has 0 fully saturated rings. The summed E-state index contributed by atoms with van der Waals surface area (Å²) in [5, 5.41) is 12.1. The van der Waals surface area contributed by atoms with Crippen LogP contribution < -0.4 is 0 Å². The van der Waals surface area contributed by atoms with Crippen molar-refractivity contribution < 1.29 is 5.11 Å². The Balaban J connectivity index is 2.24. The largest absolute Gasteiger partial charge is 0.506 e. The minimum absolute atomic E-state index is 0.301. The molecule has 1 N–H and O–H groups in total. The molecule has 3 rings (SSSR count). The first-order valence-electron chi connectivity index (χ1n) is 5.78. The summed E-state index contributed by atoms with van der Waals surface area (Å²) in [6.45, 7) is 2.05. The van der Waals surface area contributed by atoms with Crippen LogP contribution in [0.25, 0.3) is 16.3 Å². The summed E-state index contributed by atoms with van der Waals surface area (Å²) in [6, 6.07) is 15.7. The Bertz CT molecular complexity index is 668. The molecule has 0 aliphatic heterocycles. The lowest BCUT2D eigenvalue weighted by Crippen LogP contribution is -1.98. The molecule has 90 valence electrons. The molecule has 1 aromatic carbocycles. The Hall–Kier alpha value is -2.00. The molecule has 2 nitrogen and oxygen atoms in total. The molecule has 3 heteroatoms. The fourth-order valence-corrected chi connectivity index (χ4v) is 2.87. The second-order valence-electron chi connectivity index (χ2n) is 4.16. The van der Waals surface area contributed by atoms with E-state index in [2.05, 4.69) is 28.1 Å². The third-order valence-electron chi connectivity index (χ3n) is 2.97. The average Bonchev–Trinajstić information content (AvgIpc) is 2.99. The zero-order chi connectivity index (χ0) is 12.5. The van der Waals surface area contributed by atoms with Crippen molar-refractivity contribution in [3.05, 3.63) is 59.6 Å². The Morgan fingerprint density at radius 2 is 1.83 bits per heavy atom. The normalized spacial score (nSPS) is 10.7. The molecule has 0 spiro atoms. The quantitative estimate of drug-likeness (QED) is 0.728. The number of aromatic nitrogens is 1. The van der Waals surface area contributed by atoms with Crippen LogP contribution in [0.4, 0.5) is 0 Å². The molecule has 0 saturated carbocycles. The lowest BCUT2D eigenvalue weighted by molar-refractivity contribution is 0.472. The topological polar surface area (TPSA) is 25.2 Å². The van der Waals surface area contributed by atoms with Crippen molar-refractivity contribution in [3.8, 4) is 22.0 Å². The second-order valence-corrected chi connectivity index (χ2v) is 5.11. The average molecular weight is 255 g/mol. The molecule has 0 aliphatic rings. The van der Waals surface area contributed by atoms with Gasteiger partial charge in [-0.15, -0.1) is 11.3 Å². The van der Waals surface area contributed by atoms with E-state index in [4.69, 9.17) is 0 Å². The van der Waals surface area contributed by atoms with Crippen molar-refractivity contribution in [1.29, 1.82) is 0 Å². The Morgan fingerprint density at radius 3 is 2.56 bits per heavy atom. The first kappa shape index (κ1) is 11.1. The summed E-state index contributed by atoms with van der Waals surface area (Å²) < 4.78 is 2.08. The first-order valence-corrected chi connectivity index (χ1v) is 6.66. The Kier molecular flexibility index (Phi) is 2.68. The molecule has 0 aliphatic carbocycles. The van der Waals surface area contributed by atoms with Crippen LogP contribution in [0, 0.1) is 6.92 Å². The maximum atomic E-state index is 10.0. The predicted molar refractivity (Wildman–Crippen MR) is 75.5 cm³/mol. The second kappa shape index (κ2) is 4.35. The molecule has 0 amide bonds. The van der Waals surface area contributed by atoms with E-state index in [9.17, 15) is 5.11 Å². The maximum Gasteiger partial charge on any atom is 0.139 e. The number of thiophene rings is 1. The molecule has 0 radical (unpaired) electrons. The molecular weight excluding hydrogens is 242 g/mol. The first-order chi connectivity index (χ1) is 8.77. The number of aromatic hydroxyl groups is 1. The van der Waals surface area contributed by atoms with Crippen molar-refractivity contribution in [1.82, 2.24) is 4.57 Å². The molecule has 3 aromatic rings. The zero-order valence-electron chi connectivity index (χ0n) is 10.00. The number of phenolic OH excluding ortho intramolecular Hbond substituents is 1. The minimum Gasteiger partial charge on any atom is -0.506 e. The summed E-state index contributed by atoms with van der Waals surface area (Å²) in [4.78, 5) is 1.20. The van der Waals surface area contributed by atoms with Crippen molar-refractivity contribution >= 4 is 11.3 Å². The van der Waals surface area contributed by atoms with E-state index in [0.29, 0.717) is 5.75 Å². The minimum atomic E-state index is 0.301. The summed E-state index contributed by atoms with van der Waals surface area (Å²) in [7, 11) is 0. The number of hydrogen-bond acceptors (Lipinski definition) is 2. The van der Waals surface area contributed by atoms with E-state index in [-0.39, 0.29) is 0 Å². The molecule has 0 atom stereocenters. The smallest absolute Gasteiger partial charge is 0.139 e. The van der Waals surface area contributed by atoms with Gasteiger partial charge in [-0.1, -0.05) is 18.2 Å². The molecule has 0 saturated heterocycles. The molecule has 2 aromatic heterocycles. The summed E-state index contributed by atoms with van der Waals surface area (Å²) >= 11 is 1.70. The summed E-state index contributed by atoms with van der Waals surface area (Å²) in [6.07, 6.45) is 0. The van der Waals surface area contributed by atoms with E-state index >= 15 is 0 Å². The van der Waals surface area contributed by atoms with Gasteiger partial charge in [0.15, 0.2) is 0 Å². The highest BCUT2D eigenvalue weighted by Gasteiger charge is 2.12. The number of aryl methyl sites for hydroxylation is 1. The lowest BCUT2D eigenvalue weighted by Gasteiger charge is -2.12. The molecule has 0 unspecified atom stereocenters. The third-order valence-corrected chi connectivity index (χ3v) is 3.86. The Morgan fingerprint density at radius 1 is 1.00 bits per heavy atom. The Labute approximate surface area is 110 Å². The molecule has 0 bridgehead atoms. The number of nitrogens with zero attached hydrogens (tertiary/aromatic N) is 1. The highest BCUT2D eigenvalue weighted by Crippen LogP contribution is 2.32. The van der Waals surface area contributed by atoms with Gasteiger partial charge in [-0.2, -0.15) is 0 Å². The van der Waals surface area contributed by atoms with Crippen molar-refractivity contribution in [2.75, 3.05) is 0 Å². The number of hydrogen-bond donors (Lipinski definition) is 1. The van der Waals surface area contributed by atoms with Gasteiger partial charge in [0.05, 0.1) is 16.3 Å². The number of rotatable bonds is 2. The van der Waals surface area contributed by atoms with Crippen LogP contribution >= 0.6 is 11.3 Å². The van der Waals surface area contributed by atoms with Gasteiger partial charge in [0.2, 0.25) is 0 Å². The van der Waals surface area contributed by atoms with Gasteiger partial charge < -0.3 is 9.67 Å². The fourth-order valence-electron chi connectivity index (χ4n) is 2.13. The van der Waals surface area contributed by atoms with E-state index < -0.39 is 0 Å².